The Morgan fingerprint density at radius 3 is 2.11 bits per heavy atom. The SMILES string of the molecule is C[C@H](C=O)Cc1ccc(-c2cc(Cl)cc(Cl)c2)cc1. The maximum Gasteiger partial charge on any atom is 0.123 e. The lowest BCUT2D eigenvalue weighted by Crippen LogP contribution is -2.00. The maximum atomic E-state index is 10.6. The molecule has 0 unspecified atom stereocenters. The number of aldehydes is 1. The van der Waals surface area contributed by atoms with Gasteiger partial charge >= 0.3 is 0 Å². The van der Waals surface area contributed by atoms with Gasteiger partial charge in [0, 0.05) is 16.0 Å². The molecular weight excluding hydrogens is 279 g/mol. The molecule has 2 aromatic rings. The summed E-state index contributed by atoms with van der Waals surface area (Å²) in [5, 5.41) is 1.25. The van der Waals surface area contributed by atoms with Gasteiger partial charge in [0.2, 0.25) is 0 Å². The van der Waals surface area contributed by atoms with E-state index >= 15 is 0 Å². The average Bonchev–Trinajstić information content (AvgIpc) is 2.38. The van der Waals surface area contributed by atoms with Crippen molar-refractivity contribution in [2.75, 3.05) is 0 Å². The van der Waals surface area contributed by atoms with E-state index in [0.29, 0.717) is 10.0 Å². The van der Waals surface area contributed by atoms with E-state index < -0.39 is 0 Å². The lowest BCUT2D eigenvalue weighted by molar-refractivity contribution is -0.110. The van der Waals surface area contributed by atoms with E-state index in [4.69, 9.17) is 23.2 Å². The molecule has 0 heterocycles. The number of hydrogen-bond donors (Lipinski definition) is 0. The Morgan fingerprint density at radius 2 is 1.58 bits per heavy atom. The molecule has 0 aliphatic rings. The number of carbonyl (C=O) groups excluding carboxylic acids is 1. The van der Waals surface area contributed by atoms with Crippen molar-refractivity contribution >= 4 is 29.5 Å². The van der Waals surface area contributed by atoms with Crippen LogP contribution in [-0.4, -0.2) is 6.29 Å². The lowest BCUT2D eigenvalue weighted by Gasteiger charge is -2.07. The van der Waals surface area contributed by atoms with Crippen LogP contribution in [0.15, 0.2) is 42.5 Å². The summed E-state index contributed by atoms with van der Waals surface area (Å²) >= 11 is 12.0. The first-order valence-electron chi connectivity index (χ1n) is 6.09. The number of benzene rings is 2. The summed E-state index contributed by atoms with van der Waals surface area (Å²) in [6.07, 6.45) is 1.74. The molecule has 0 fully saturated rings. The molecule has 3 heteroatoms. The van der Waals surface area contributed by atoms with E-state index in [-0.39, 0.29) is 5.92 Å². The topological polar surface area (TPSA) is 17.1 Å². The third-order valence-electron chi connectivity index (χ3n) is 2.94. The highest BCUT2D eigenvalue weighted by Gasteiger charge is 2.04. The molecule has 1 atom stereocenters. The molecule has 0 aliphatic carbocycles. The number of carbonyl (C=O) groups is 1. The van der Waals surface area contributed by atoms with E-state index in [1.54, 1.807) is 6.07 Å². The van der Waals surface area contributed by atoms with Crippen molar-refractivity contribution < 1.29 is 4.79 Å². The summed E-state index contributed by atoms with van der Waals surface area (Å²) in [6, 6.07) is 13.6. The van der Waals surface area contributed by atoms with Crippen LogP contribution in [0.2, 0.25) is 10.0 Å². The van der Waals surface area contributed by atoms with Crippen LogP contribution >= 0.6 is 23.2 Å². The van der Waals surface area contributed by atoms with Crippen molar-refractivity contribution in [2.45, 2.75) is 13.3 Å². The van der Waals surface area contributed by atoms with E-state index in [9.17, 15) is 4.79 Å². The fourth-order valence-electron chi connectivity index (χ4n) is 1.97. The first-order chi connectivity index (χ1) is 9.08. The average molecular weight is 293 g/mol. The summed E-state index contributed by atoms with van der Waals surface area (Å²) in [4.78, 5) is 10.6. The van der Waals surface area contributed by atoms with Gasteiger partial charge in [-0.2, -0.15) is 0 Å². The van der Waals surface area contributed by atoms with Gasteiger partial charge in [-0.25, -0.2) is 0 Å². The van der Waals surface area contributed by atoms with Crippen molar-refractivity contribution in [3.05, 3.63) is 58.1 Å². The Hall–Kier alpha value is -1.31. The van der Waals surface area contributed by atoms with E-state index in [0.717, 1.165) is 29.4 Å². The molecule has 0 saturated carbocycles. The van der Waals surface area contributed by atoms with Crippen molar-refractivity contribution in [3.8, 4) is 11.1 Å². The summed E-state index contributed by atoms with van der Waals surface area (Å²) in [6.45, 7) is 1.91. The Kier molecular flexibility index (Phi) is 4.62. The van der Waals surface area contributed by atoms with Crippen molar-refractivity contribution in [1.29, 1.82) is 0 Å². The van der Waals surface area contributed by atoms with Gasteiger partial charge in [0.25, 0.3) is 0 Å². The molecule has 1 nitrogen and oxygen atoms in total. The van der Waals surface area contributed by atoms with E-state index in [1.165, 1.54) is 0 Å². The minimum Gasteiger partial charge on any atom is -0.303 e. The minimum atomic E-state index is 0.0477. The third-order valence-corrected chi connectivity index (χ3v) is 3.38. The second kappa shape index (κ2) is 6.23. The molecule has 0 radical (unpaired) electrons. The molecule has 0 aliphatic heterocycles. The summed E-state index contributed by atoms with van der Waals surface area (Å²) in [5.74, 6) is 0.0477. The molecule has 0 aromatic heterocycles. The zero-order chi connectivity index (χ0) is 13.8. The van der Waals surface area contributed by atoms with Crippen LogP contribution in [0.4, 0.5) is 0 Å². The highest BCUT2D eigenvalue weighted by Crippen LogP contribution is 2.27. The van der Waals surface area contributed by atoms with Gasteiger partial charge < -0.3 is 4.79 Å². The molecule has 0 bridgehead atoms. The second-order valence-electron chi connectivity index (χ2n) is 4.67. The highest BCUT2D eigenvalue weighted by molar-refractivity contribution is 6.35. The van der Waals surface area contributed by atoms with Gasteiger partial charge in [-0.05, 0) is 41.3 Å². The monoisotopic (exact) mass is 292 g/mol. The maximum absolute atomic E-state index is 10.6. The van der Waals surface area contributed by atoms with Crippen molar-refractivity contribution in [2.24, 2.45) is 5.92 Å². The van der Waals surface area contributed by atoms with E-state index in [1.807, 2.05) is 43.3 Å². The van der Waals surface area contributed by atoms with Crippen molar-refractivity contribution in [1.82, 2.24) is 0 Å². The predicted molar refractivity (Wildman–Crippen MR) is 80.8 cm³/mol. The molecule has 98 valence electrons. The predicted octanol–water partition coefficient (Wildman–Crippen LogP) is 5.04. The molecule has 19 heavy (non-hydrogen) atoms. The van der Waals surface area contributed by atoms with Crippen LogP contribution in [0.25, 0.3) is 11.1 Å². The summed E-state index contributed by atoms with van der Waals surface area (Å²) in [7, 11) is 0. The largest absolute Gasteiger partial charge is 0.303 e. The number of halogens is 2. The second-order valence-corrected chi connectivity index (χ2v) is 5.55. The zero-order valence-electron chi connectivity index (χ0n) is 10.6. The van der Waals surface area contributed by atoms with E-state index in [2.05, 4.69) is 0 Å². The quantitative estimate of drug-likeness (QED) is 0.722. The van der Waals surface area contributed by atoms with Crippen LogP contribution in [0.1, 0.15) is 12.5 Å². The van der Waals surface area contributed by atoms with Crippen LogP contribution < -0.4 is 0 Å². The summed E-state index contributed by atoms with van der Waals surface area (Å²) < 4.78 is 0. The van der Waals surface area contributed by atoms with Gasteiger partial charge in [0.15, 0.2) is 0 Å². The molecule has 0 saturated heterocycles. The van der Waals surface area contributed by atoms with Gasteiger partial charge in [0.1, 0.15) is 6.29 Å². The van der Waals surface area contributed by atoms with Gasteiger partial charge in [0.05, 0.1) is 0 Å². The first-order valence-corrected chi connectivity index (χ1v) is 6.85. The zero-order valence-corrected chi connectivity index (χ0v) is 12.1. The third kappa shape index (κ3) is 3.82. The molecule has 0 amide bonds. The highest BCUT2D eigenvalue weighted by atomic mass is 35.5. The fraction of sp³-hybridized carbons (Fsp3) is 0.188. The van der Waals surface area contributed by atoms with Crippen LogP contribution in [0, 0.1) is 5.92 Å². The Bertz CT molecular complexity index is 556. The fourth-order valence-corrected chi connectivity index (χ4v) is 2.50. The molecule has 0 spiro atoms. The van der Waals surface area contributed by atoms with Crippen LogP contribution in [0.3, 0.4) is 0 Å². The Labute approximate surface area is 123 Å². The van der Waals surface area contributed by atoms with Crippen LogP contribution in [-0.2, 0) is 11.2 Å². The smallest absolute Gasteiger partial charge is 0.123 e. The lowest BCUT2D eigenvalue weighted by atomic mass is 9.99. The normalized spacial score (nSPS) is 12.2. The molecule has 2 rings (SSSR count). The summed E-state index contributed by atoms with van der Waals surface area (Å²) in [5.41, 5.74) is 3.20. The first kappa shape index (κ1) is 14.1. The van der Waals surface area contributed by atoms with Gasteiger partial charge in [-0.3, -0.25) is 0 Å². The molecular formula is C16H14Cl2O. The standard InChI is InChI=1S/C16H14Cl2O/c1-11(10-19)6-12-2-4-13(5-3-12)14-7-15(17)9-16(18)8-14/h2-5,7-11H,6H2,1H3/t11-/m0/s1. The molecule has 2 aromatic carbocycles. The number of hydrogen-bond acceptors (Lipinski definition) is 1. The molecule has 0 N–H and O–H groups in total. The Balaban J connectivity index is 2.24. The van der Waals surface area contributed by atoms with Crippen LogP contribution in [0.5, 0.6) is 0 Å². The van der Waals surface area contributed by atoms with Gasteiger partial charge in [-0.15, -0.1) is 0 Å². The van der Waals surface area contributed by atoms with Crippen molar-refractivity contribution in [3.63, 3.8) is 0 Å². The Morgan fingerprint density at radius 1 is 1.00 bits per heavy atom. The minimum absolute atomic E-state index is 0.0477. The number of rotatable bonds is 4. The van der Waals surface area contributed by atoms with Gasteiger partial charge in [-0.1, -0.05) is 54.4 Å².